The van der Waals surface area contributed by atoms with Crippen LogP contribution in [-0.2, 0) is 9.57 Å². The third-order valence-electron chi connectivity index (χ3n) is 3.11. The molecule has 1 fully saturated rings. The summed E-state index contributed by atoms with van der Waals surface area (Å²) >= 11 is 0. The van der Waals surface area contributed by atoms with Gasteiger partial charge in [-0.05, 0) is 31.0 Å². The Bertz CT molecular complexity index is 473. The van der Waals surface area contributed by atoms with Crippen LogP contribution in [0.2, 0.25) is 0 Å². The first-order chi connectivity index (χ1) is 9.58. The third kappa shape index (κ3) is 3.68. The van der Waals surface area contributed by atoms with Crippen LogP contribution in [0, 0.1) is 5.82 Å². The Balaban J connectivity index is 1.93. The van der Waals surface area contributed by atoms with Crippen molar-refractivity contribution in [2.75, 3.05) is 25.6 Å². The number of nitrogens with one attached hydrogen (secondary N) is 1. The largest absolute Gasteiger partial charge is 0.375 e. The Labute approximate surface area is 117 Å². The number of halogens is 1. The molecule has 1 aromatic rings. The Morgan fingerprint density at radius 1 is 1.45 bits per heavy atom. The van der Waals surface area contributed by atoms with Crippen molar-refractivity contribution in [1.29, 1.82) is 0 Å². The molecule has 1 unspecified atom stereocenters. The maximum absolute atomic E-state index is 13.8. The number of nitrogens with zero attached hydrogens (tertiary/aromatic N) is 1. The van der Waals surface area contributed by atoms with E-state index in [9.17, 15) is 9.18 Å². The summed E-state index contributed by atoms with van der Waals surface area (Å²) in [4.78, 5) is 18.7. The summed E-state index contributed by atoms with van der Waals surface area (Å²) in [5.74, 6) is -0.931. The molecule has 1 atom stereocenters. The number of hydrogen-bond donors (Lipinski definition) is 1. The second kappa shape index (κ2) is 6.67. The zero-order valence-corrected chi connectivity index (χ0v) is 11.7. The van der Waals surface area contributed by atoms with Crippen molar-refractivity contribution in [3.63, 3.8) is 0 Å². The second-order valence-electron chi connectivity index (χ2n) is 4.91. The number of hydrogen-bond acceptors (Lipinski definition) is 4. The maximum Gasteiger partial charge on any atom is 0.275 e. The minimum absolute atomic E-state index is 0.212. The van der Waals surface area contributed by atoms with E-state index in [2.05, 4.69) is 5.48 Å². The molecule has 0 aromatic heterocycles. The van der Waals surface area contributed by atoms with Gasteiger partial charge in [0, 0.05) is 32.7 Å². The quantitative estimate of drug-likeness (QED) is 0.859. The molecule has 1 heterocycles. The summed E-state index contributed by atoms with van der Waals surface area (Å²) in [6, 6.07) is 4.30. The van der Waals surface area contributed by atoms with Gasteiger partial charge in [0.05, 0.1) is 5.69 Å². The van der Waals surface area contributed by atoms with E-state index in [1.807, 2.05) is 0 Å². The lowest BCUT2D eigenvalue weighted by Gasteiger charge is -2.22. The van der Waals surface area contributed by atoms with Crippen LogP contribution in [0.25, 0.3) is 0 Å². The Hall–Kier alpha value is -1.66. The number of ether oxygens (including phenoxy) is 1. The first-order valence-corrected chi connectivity index (χ1v) is 6.62. The second-order valence-corrected chi connectivity index (χ2v) is 4.91. The highest BCUT2D eigenvalue weighted by Gasteiger charge is 2.17. The van der Waals surface area contributed by atoms with Crippen molar-refractivity contribution in [3.05, 3.63) is 29.6 Å². The Morgan fingerprint density at radius 2 is 2.25 bits per heavy atom. The molecule has 1 aliphatic rings. The number of rotatable bonds is 4. The van der Waals surface area contributed by atoms with Gasteiger partial charge in [-0.3, -0.25) is 4.79 Å². The normalized spacial score (nSPS) is 18.6. The van der Waals surface area contributed by atoms with E-state index < -0.39 is 18.0 Å². The molecular formula is C14H19FN2O3. The molecule has 0 saturated carbocycles. The van der Waals surface area contributed by atoms with Gasteiger partial charge in [0.25, 0.3) is 5.91 Å². The molecule has 110 valence electrons. The molecule has 1 aromatic carbocycles. The van der Waals surface area contributed by atoms with E-state index >= 15 is 0 Å². The average molecular weight is 282 g/mol. The van der Waals surface area contributed by atoms with Gasteiger partial charge in [0.2, 0.25) is 0 Å². The van der Waals surface area contributed by atoms with Gasteiger partial charge in [-0.15, -0.1) is 0 Å². The highest BCUT2D eigenvalue weighted by Crippen LogP contribution is 2.18. The fourth-order valence-electron chi connectivity index (χ4n) is 1.99. The molecule has 6 heteroatoms. The summed E-state index contributed by atoms with van der Waals surface area (Å²) in [5.41, 5.74) is 2.94. The molecule has 5 nitrogen and oxygen atoms in total. The van der Waals surface area contributed by atoms with Crippen LogP contribution in [-0.4, -0.2) is 32.9 Å². The molecular weight excluding hydrogens is 263 g/mol. The van der Waals surface area contributed by atoms with Crippen molar-refractivity contribution >= 4 is 11.6 Å². The molecule has 1 amide bonds. The van der Waals surface area contributed by atoms with E-state index in [1.165, 1.54) is 6.07 Å². The van der Waals surface area contributed by atoms with Crippen LogP contribution in [0.15, 0.2) is 18.2 Å². The van der Waals surface area contributed by atoms with Crippen LogP contribution in [0.5, 0.6) is 0 Å². The molecule has 1 saturated heterocycles. The van der Waals surface area contributed by atoms with Crippen LogP contribution < -0.4 is 10.4 Å². The van der Waals surface area contributed by atoms with Gasteiger partial charge in [-0.1, -0.05) is 0 Å². The topological polar surface area (TPSA) is 50.8 Å². The Morgan fingerprint density at radius 3 is 2.85 bits per heavy atom. The van der Waals surface area contributed by atoms with Crippen LogP contribution in [0.3, 0.4) is 0 Å². The van der Waals surface area contributed by atoms with Crippen molar-refractivity contribution in [2.45, 2.75) is 25.6 Å². The smallest absolute Gasteiger partial charge is 0.275 e. The molecule has 1 aliphatic heterocycles. The van der Waals surface area contributed by atoms with Crippen molar-refractivity contribution in [2.24, 2.45) is 0 Å². The molecule has 0 spiro atoms. The Kier molecular flexibility index (Phi) is 4.92. The first-order valence-electron chi connectivity index (χ1n) is 6.62. The number of amides is 1. The molecule has 0 bridgehead atoms. The molecule has 20 heavy (non-hydrogen) atoms. The monoisotopic (exact) mass is 282 g/mol. The molecule has 0 radical (unpaired) electrons. The van der Waals surface area contributed by atoms with Crippen molar-refractivity contribution in [3.8, 4) is 0 Å². The predicted octanol–water partition coefficient (Wildman–Crippen LogP) is 2.08. The highest BCUT2D eigenvalue weighted by atomic mass is 19.1. The number of anilines is 1. The van der Waals surface area contributed by atoms with Crippen molar-refractivity contribution < 1.29 is 18.8 Å². The molecule has 0 aliphatic carbocycles. The fraction of sp³-hybridized carbons (Fsp3) is 0.500. The number of carbonyl (C=O) groups excluding carboxylic acids is 1. The van der Waals surface area contributed by atoms with Gasteiger partial charge in [0.15, 0.2) is 6.29 Å². The van der Waals surface area contributed by atoms with Crippen LogP contribution in [0.4, 0.5) is 10.1 Å². The zero-order valence-electron chi connectivity index (χ0n) is 11.7. The highest BCUT2D eigenvalue weighted by molar-refractivity contribution is 5.93. The lowest BCUT2D eigenvalue weighted by molar-refractivity contribution is -0.186. The van der Waals surface area contributed by atoms with E-state index in [4.69, 9.17) is 9.57 Å². The molecule has 1 N–H and O–H groups in total. The minimum atomic E-state index is -0.483. The average Bonchev–Trinajstić information content (AvgIpc) is 2.45. The van der Waals surface area contributed by atoms with E-state index in [0.29, 0.717) is 12.3 Å². The van der Waals surface area contributed by atoms with Gasteiger partial charge in [-0.25, -0.2) is 14.7 Å². The summed E-state index contributed by atoms with van der Waals surface area (Å²) in [6.07, 6.45) is 2.34. The number of benzene rings is 1. The maximum atomic E-state index is 13.8. The van der Waals surface area contributed by atoms with Crippen LogP contribution in [0.1, 0.15) is 29.6 Å². The first kappa shape index (κ1) is 14.7. The van der Waals surface area contributed by atoms with Gasteiger partial charge >= 0.3 is 0 Å². The summed E-state index contributed by atoms with van der Waals surface area (Å²) in [5, 5.41) is 0. The number of carbonyl (C=O) groups is 1. The van der Waals surface area contributed by atoms with Gasteiger partial charge in [0.1, 0.15) is 5.82 Å². The summed E-state index contributed by atoms with van der Waals surface area (Å²) < 4.78 is 19.1. The van der Waals surface area contributed by atoms with E-state index in [0.717, 1.165) is 19.3 Å². The van der Waals surface area contributed by atoms with E-state index in [-0.39, 0.29) is 5.56 Å². The SMILES string of the molecule is CN(C)c1ccc(C(=O)NOC2CCCCO2)cc1F. The van der Waals surface area contributed by atoms with Crippen molar-refractivity contribution in [1.82, 2.24) is 5.48 Å². The van der Waals surface area contributed by atoms with Gasteiger partial charge < -0.3 is 9.64 Å². The van der Waals surface area contributed by atoms with E-state index in [1.54, 1.807) is 31.1 Å². The zero-order chi connectivity index (χ0) is 14.5. The lowest BCUT2D eigenvalue weighted by Crippen LogP contribution is -2.33. The summed E-state index contributed by atoms with van der Waals surface area (Å²) in [6.45, 7) is 0.632. The third-order valence-corrected chi connectivity index (χ3v) is 3.11. The standard InChI is InChI=1S/C14H19FN2O3/c1-17(2)12-7-6-10(9-11(12)15)14(18)16-20-13-5-3-4-8-19-13/h6-7,9,13H,3-5,8H2,1-2H3,(H,16,18). The minimum Gasteiger partial charge on any atom is -0.375 e. The number of hydroxylamine groups is 1. The summed E-state index contributed by atoms with van der Waals surface area (Å²) in [7, 11) is 3.48. The van der Waals surface area contributed by atoms with Gasteiger partial charge in [-0.2, -0.15) is 0 Å². The lowest BCUT2D eigenvalue weighted by atomic mass is 10.2. The van der Waals surface area contributed by atoms with Crippen LogP contribution >= 0.6 is 0 Å². The fourth-order valence-corrected chi connectivity index (χ4v) is 1.99. The molecule has 2 rings (SSSR count). The predicted molar refractivity (Wildman–Crippen MR) is 72.9 cm³/mol.